The maximum Gasteiger partial charge on any atom is 0.226 e. The fraction of sp³-hybridized carbons (Fsp3) is 0.458. The van der Waals surface area contributed by atoms with Gasteiger partial charge in [0.05, 0.1) is 13.5 Å². The summed E-state index contributed by atoms with van der Waals surface area (Å²) in [6.45, 7) is 3.85. The molecule has 1 saturated heterocycles. The van der Waals surface area contributed by atoms with E-state index >= 15 is 0 Å². The zero-order valence-electron chi connectivity index (χ0n) is 17.4. The average molecular weight is 399 g/mol. The molecular weight excluding hydrogens is 367 g/mol. The van der Waals surface area contributed by atoms with Gasteiger partial charge in [-0.05, 0) is 55.5 Å². The van der Waals surface area contributed by atoms with Gasteiger partial charge in [-0.3, -0.25) is 4.79 Å². The van der Waals surface area contributed by atoms with Gasteiger partial charge in [-0.25, -0.2) is 4.39 Å². The number of para-hydroxylation sites is 1. The lowest BCUT2D eigenvalue weighted by molar-refractivity contribution is -0.130. The van der Waals surface area contributed by atoms with Gasteiger partial charge in [-0.1, -0.05) is 30.3 Å². The third-order valence-corrected chi connectivity index (χ3v) is 5.73. The monoisotopic (exact) mass is 398 g/mol. The van der Waals surface area contributed by atoms with Crippen molar-refractivity contribution in [3.8, 4) is 5.75 Å². The molecule has 1 fully saturated rings. The first-order chi connectivity index (χ1) is 14.0. The van der Waals surface area contributed by atoms with Crippen molar-refractivity contribution >= 4 is 5.91 Å². The van der Waals surface area contributed by atoms with Crippen LogP contribution in [0.15, 0.2) is 48.5 Å². The fourth-order valence-electron chi connectivity index (χ4n) is 4.08. The molecule has 2 aromatic carbocycles. The predicted molar refractivity (Wildman–Crippen MR) is 114 cm³/mol. The Kier molecular flexibility index (Phi) is 7.64. The molecule has 0 spiro atoms. The Morgan fingerprint density at radius 3 is 2.72 bits per heavy atom. The number of carbonyl (C=O) groups excluding carboxylic acids is 1. The van der Waals surface area contributed by atoms with E-state index in [9.17, 15) is 9.18 Å². The van der Waals surface area contributed by atoms with Crippen LogP contribution in [-0.2, 0) is 17.6 Å². The van der Waals surface area contributed by atoms with Crippen molar-refractivity contribution in [2.24, 2.45) is 5.92 Å². The van der Waals surface area contributed by atoms with Gasteiger partial charge in [-0.15, -0.1) is 0 Å². The Labute approximate surface area is 173 Å². The van der Waals surface area contributed by atoms with E-state index in [-0.39, 0.29) is 11.7 Å². The predicted octanol–water partition coefficient (Wildman–Crippen LogP) is 3.79. The van der Waals surface area contributed by atoms with Crippen LogP contribution < -0.4 is 4.74 Å². The second-order valence-electron chi connectivity index (χ2n) is 7.95. The molecule has 4 nitrogen and oxygen atoms in total. The van der Waals surface area contributed by atoms with E-state index in [1.54, 1.807) is 7.11 Å². The third-order valence-electron chi connectivity index (χ3n) is 5.73. The van der Waals surface area contributed by atoms with Gasteiger partial charge in [0.2, 0.25) is 5.91 Å². The molecule has 2 aromatic rings. The van der Waals surface area contributed by atoms with Crippen LogP contribution in [-0.4, -0.2) is 56.0 Å². The summed E-state index contributed by atoms with van der Waals surface area (Å²) in [5.41, 5.74) is 2.09. The molecule has 0 saturated carbocycles. The van der Waals surface area contributed by atoms with Crippen molar-refractivity contribution in [2.75, 3.05) is 40.3 Å². The molecule has 0 N–H and O–H groups in total. The molecule has 1 heterocycles. The van der Waals surface area contributed by atoms with Crippen molar-refractivity contribution in [3.05, 3.63) is 65.5 Å². The minimum Gasteiger partial charge on any atom is -0.496 e. The number of benzene rings is 2. The van der Waals surface area contributed by atoms with Crippen LogP contribution in [0.5, 0.6) is 5.75 Å². The molecule has 1 aliphatic heterocycles. The molecule has 3 rings (SSSR count). The number of likely N-dealkylation sites (tertiary alicyclic amines) is 1. The Morgan fingerprint density at radius 1 is 1.21 bits per heavy atom. The van der Waals surface area contributed by atoms with Gasteiger partial charge in [0.25, 0.3) is 0 Å². The van der Waals surface area contributed by atoms with Gasteiger partial charge in [0.1, 0.15) is 11.6 Å². The lowest BCUT2D eigenvalue weighted by Gasteiger charge is -2.34. The number of likely N-dealkylation sites (N-methyl/N-ethyl adjacent to an activating group) is 1. The zero-order valence-corrected chi connectivity index (χ0v) is 17.4. The molecule has 0 aromatic heterocycles. The summed E-state index contributed by atoms with van der Waals surface area (Å²) in [6.07, 6.45) is 3.60. The van der Waals surface area contributed by atoms with Crippen LogP contribution in [0.1, 0.15) is 24.0 Å². The van der Waals surface area contributed by atoms with Crippen molar-refractivity contribution in [1.29, 1.82) is 0 Å². The molecule has 1 aliphatic rings. The second kappa shape index (κ2) is 10.4. The summed E-state index contributed by atoms with van der Waals surface area (Å²) in [6, 6.07) is 14.5. The maximum atomic E-state index is 13.0. The zero-order chi connectivity index (χ0) is 20.6. The van der Waals surface area contributed by atoms with Gasteiger partial charge < -0.3 is 14.5 Å². The minimum atomic E-state index is -0.187. The first-order valence-corrected chi connectivity index (χ1v) is 10.4. The number of nitrogens with zero attached hydrogens (tertiary/aromatic N) is 2. The smallest absolute Gasteiger partial charge is 0.226 e. The number of amides is 1. The molecule has 1 amide bonds. The normalized spacial score (nSPS) is 17.1. The Hall–Kier alpha value is -2.40. The van der Waals surface area contributed by atoms with Gasteiger partial charge in [0, 0.05) is 32.2 Å². The number of piperidine rings is 1. The van der Waals surface area contributed by atoms with E-state index in [0.29, 0.717) is 12.3 Å². The lowest BCUT2D eigenvalue weighted by atomic mass is 9.96. The molecule has 0 aliphatic carbocycles. The summed E-state index contributed by atoms with van der Waals surface area (Å²) in [5.74, 6) is 1.19. The van der Waals surface area contributed by atoms with Gasteiger partial charge in [0.15, 0.2) is 0 Å². The topological polar surface area (TPSA) is 32.8 Å². The average Bonchev–Trinajstić information content (AvgIpc) is 2.74. The van der Waals surface area contributed by atoms with Crippen molar-refractivity contribution < 1.29 is 13.9 Å². The molecule has 0 bridgehead atoms. The maximum absolute atomic E-state index is 13.0. The van der Waals surface area contributed by atoms with Crippen LogP contribution in [0.25, 0.3) is 0 Å². The van der Waals surface area contributed by atoms with Crippen molar-refractivity contribution in [1.82, 2.24) is 9.80 Å². The largest absolute Gasteiger partial charge is 0.496 e. The number of hydrogen-bond acceptors (Lipinski definition) is 3. The summed E-state index contributed by atoms with van der Waals surface area (Å²) < 4.78 is 18.4. The summed E-state index contributed by atoms with van der Waals surface area (Å²) in [4.78, 5) is 17.0. The van der Waals surface area contributed by atoms with E-state index in [1.807, 2.05) is 48.3 Å². The minimum absolute atomic E-state index is 0.123. The van der Waals surface area contributed by atoms with Crippen LogP contribution in [0, 0.1) is 11.7 Å². The quantitative estimate of drug-likeness (QED) is 0.678. The molecule has 5 heteroatoms. The standard InChI is InChI=1S/C24H31FN2O2/c1-26(24(28)16-21-7-3-4-8-23(21)29-2)17-20-6-5-14-27(18-20)15-13-19-9-11-22(25)12-10-19/h3-4,7-12,20H,5-6,13-18H2,1-2H3/t20-/m0/s1. The van der Waals surface area contributed by atoms with E-state index in [0.717, 1.165) is 62.3 Å². The van der Waals surface area contributed by atoms with Crippen molar-refractivity contribution in [3.63, 3.8) is 0 Å². The SMILES string of the molecule is COc1ccccc1CC(=O)N(C)C[C@@H]1CCCN(CCc2ccc(F)cc2)C1. The van der Waals surface area contributed by atoms with Crippen LogP contribution in [0.4, 0.5) is 4.39 Å². The number of rotatable bonds is 8. The highest BCUT2D eigenvalue weighted by molar-refractivity contribution is 5.79. The van der Waals surface area contributed by atoms with Gasteiger partial charge >= 0.3 is 0 Å². The molecule has 1 atom stereocenters. The fourth-order valence-corrected chi connectivity index (χ4v) is 4.08. The Bertz CT molecular complexity index is 794. The van der Waals surface area contributed by atoms with E-state index in [1.165, 1.54) is 12.1 Å². The molecule has 29 heavy (non-hydrogen) atoms. The third kappa shape index (κ3) is 6.29. The number of halogens is 1. The van der Waals surface area contributed by atoms with Crippen LogP contribution in [0.3, 0.4) is 0 Å². The van der Waals surface area contributed by atoms with E-state index in [2.05, 4.69) is 4.90 Å². The van der Waals surface area contributed by atoms with Gasteiger partial charge in [-0.2, -0.15) is 0 Å². The molecule has 0 radical (unpaired) electrons. The van der Waals surface area contributed by atoms with E-state index in [4.69, 9.17) is 4.74 Å². The van der Waals surface area contributed by atoms with E-state index < -0.39 is 0 Å². The molecular formula is C24H31FN2O2. The Balaban J connectivity index is 1.47. The van der Waals surface area contributed by atoms with Crippen LogP contribution >= 0.6 is 0 Å². The number of methoxy groups -OCH3 is 1. The molecule has 0 unspecified atom stereocenters. The first kappa shape index (κ1) is 21.3. The number of carbonyl (C=O) groups is 1. The highest BCUT2D eigenvalue weighted by Gasteiger charge is 2.23. The summed E-state index contributed by atoms with van der Waals surface area (Å²) in [7, 11) is 3.53. The summed E-state index contributed by atoms with van der Waals surface area (Å²) >= 11 is 0. The number of hydrogen-bond donors (Lipinski definition) is 0. The van der Waals surface area contributed by atoms with Crippen molar-refractivity contribution in [2.45, 2.75) is 25.7 Å². The number of ether oxygens (including phenoxy) is 1. The Morgan fingerprint density at radius 2 is 1.97 bits per heavy atom. The first-order valence-electron chi connectivity index (χ1n) is 10.4. The summed E-state index contributed by atoms with van der Waals surface area (Å²) in [5, 5.41) is 0. The molecule has 156 valence electrons. The van der Waals surface area contributed by atoms with Crippen LogP contribution in [0.2, 0.25) is 0 Å². The highest BCUT2D eigenvalue weighted by atomic mass is 19.1. The lowest BCUT2D eigenvalue weighted by Crippen LogP contribution is -2.42. The highest BCUT2D eigenvalue weighted by Crippen LogP contribution is 2.21. The second-order valence-corrected chi connectivity index (χ2v) is 7.95.